The first-order chi connectivity index (χ1) is 14.2. The number of nitrogens with zero attached hydrogens (tertiary/aromatic N) is 6. The molecule has 2 aromatic heterocycles. The SMILES string of the molecule is CC(C)(C)OC(=O)N1CCN(C2CCC(n3nc(I)c4c(N)ncnc43)CC2)CC1. The highest BCUT2D eigenvalue weighted by atomic mass is 127. The molecule has 10 heteroatoms. The third kappa shape index (κ3) is 4.48. The molecule has 0 radical (unpaired) electrons. The molecule has 0 unspecified atom stereocenters. The van der Waals surface area contributed by atoms with Gasteiger partial charge in [0.2, 0.25) is 0 Å². The fourth-order valence-electron chi connectivity index (χ4n) is 4.47. The average Bonchev–Trinajstić information content (AvgIpc) is 3.05. The van der Waals surface area contributed by atoms with Crippen molar-refractivity contribution in [1.29, 1.82) is 0 Å². The summed E-state index contributed by atoms with van der Waals surface area (Å²) in [6.45, 7) is 8.99. The Morgan fingerprint density at radius 3 is 2.37 bits per heavy atom. The Labute approximate surface area is 190 Å². The zero-order chi connectivity index (χ0) is 21.5. The number of nitrogens with two attached hydrogens (primary N) is 1. The van der Waals surface area contributed by atoms with Gasteiger partial charge in [0.25, 0.3) is 0 Å². The van der Waals surface area contributed by atoms with Crippen LogP contribution >= 0.6 is 22.6 Å². The van der Waals surface area contributed by atoms with Crippen molar-refractivity contribution in [1.82, 2.24) is 29.5 Å². The third-order valence-corrected chi connectivity index (χ3v) is 6.72. The highest BCUT2D eigenvalue weighted by Crippen LogP contribution is 2.34. The van der Waals surface area contributed by atoms with Gasteiger partial charge in [0.1, 0.15) is 21.4 Å². The van der Waals surface area contributed by atoms with Gasteiger partial charge in [0.05, 0.1) is 11.4 Å². The molecule has 1 saturated carbocycles. The number of aromatic nitrogens is 4. The summed E-state index contributed by atoms with van der Waals surface area (Å²) < 4.78 is 8.41. The predicted octanol–water partition coefficient (Wildman–Crippen LogP) is 3.05. The van der Waals surface area contributed by atoms with Gasteiger partial charge in [0.15, 0.2) is 5.65 Å². The summed E-state index contributed by atoms with van der Waals surface area (Å²) in [6, 6.07) is 0.896. The summed E-state index contributed by atoms with van der Waals surface area (Å²) in [7, 11) is 0. The second-order valence-corrected chi connectivity index (χ2v) is 10.2. The molecule has 1 amide bonds. The molecular formula is C20H30IN7O2. The Hall–Kier alpha value is -1.69. The van der Waals surface area contributed by atoms with Crippen molar-refractivity contribution < 1.29 is 9.53 Å². The van der Waals surface area contributed by atoms with Gasteiger partial charge in [0, 0.05) is 32.2 Å². The Morgan fingerprint density at radius 1 is 1.10 bits per heavy atom. The van der Waals surface area contributed by atoms with Crippen LogP contribution in [-0.4, -0.2) is 73.5 Å². The van der Waals surface area contributed by atoms with Crippen LogP contribution in [0.25, 0.3) is 11.0 Å². The number of amides is 1. The number of piperazine rings is 1. The van der Waals surface area contributed by atoms with E-state index in [0.717, 1.165) is 66.6 Å². The average molecular weight is 527 g/mol. The van der Waals surface area contributed by atoms with Crippen LogP contribution < -0.4 is 5.73 Å². The maximum absolute atomic E-state index is 12.3. The molecule has 4 rings (SSSR count). The van der Waals surface area contributed by atoms with Crippen LogP contribution in [0.1, 0.15) is 52.5 Å². The Bertz CT molecular complexity index is 910. The van der Waals surface area contributed by atoms with E-state index in [1.807, 2.05) is 30.4 Å². The number of rotatable bonds is 2. The van der Waals surface area contributed by atoms with Crippen molar-refractivity contribution >= 4 is 45.5 Å². The highest BCUT2D eigenvalue weighted by molar-refractivity contribution is 14.1. The van der Waals surface area contributed by atoms with E-state index >= 15 is 0 Å². The molecule has 1 aliphatic carbocycles. The number of halogens is 1. The molecule has 164 valence electrons. The molecule has 2 aliphatic rings. The van der Waals surface area contributed by atoms with Crippen LogP contribution in [0.15, 0.2) is 6.33 Å². The molecular weight excluding hydrogens is 497 g/mol. The van der Waals surface area contributed by atoms with Crippen LogP contribution in [0.2, 0.25) is 0 Å². The van der Waals surface area contributed by atoms with E-state index in [4.69, 9.17) is 15.6 Å². The molecule has 0 bridgehead atoms. The molecule has 1 aliphatic heterocycles. The third-order valence-electron chi connectivity index (χ3n) is 5.97. The summed E-state index contributed by atoms with van der Waals surface area (Å²) in [5.74, 6) is 0.493. The van der Waals surface area contributed by atoms with Crippen LogP contribution in [0.3, 0.4) is 0 Å². The molecule has 30 heavy (non-hydrogen) atoms. The maximum atomic E-state index is 12.3. The van der Waals surface area contributed by atoms with Crippen molar-refractivity contribution in [3.05, 3.63) is 10.0 Å². The topological polar surface area (TPSA) is 102 Å². The number of hydrogen-bond donors (Lipinski definition) is 1. The van der Waals surface area contributed by atoms with Gasteiger partial charge in [-0.2, -0.15) is 5.10 Å². The fraction of sp³-hybridized carbons (Fsp3) is 0.700. The number of nitrogen functional groups attached to an aromatic ring is 1. The minimum absolute atomic E-state index is 0.202. The van der Waals surface area contributed by atoms with Crippen molar-refractivity contribution in [2.75, 3.05) is 31.9 Å². The summed E-state index contributed by atoms with van der Waals surface area (Å²) in [5.41, 5.74) is 6.42. The van der Waals surface area contributed by atoms with E-state index in [0.29, 0.717) is 17.9 Å². The quantitative estimate of drug-likeness (QED) is 0.599. The van der Waals surface area contributed by atoms with E-state index in [1.165, 1.54) is 6.33 Å². The number of fused-ring (bicyclic) bond motifs is 1. The lowest BCUT2D eigenvalue weighted by molar-refractivity contribution is 0.00726. The number of anilines is 1. The van der Waals surface area contributed by atoms with Gasteiger partial charge in [-0.25, -0.2) is 19.4 Å². The van der Waals surface area contributed by atoms with Gasteiger partial charge in [-0.15, -0.1) is 0 Å². The van der Waals surface area contributed by atoms with E-state index in [1.54, 1.807) is 0 Å². The molecule has 1 saturated heterocycles. The van der Waals surface area contributed by atoms with E-state index in [9.17, 15) is 4.79 Å². The van der Waals surface area contributed by atoms with Gasteiger partial charge in [-0.3, -0.25) is 4.90 Å². The van der Waals surface area contributed by atoms with Crippen molar-refractivity contribution in [2.45, 2.75) is 64.1 Å². The zero-order valence-electron chi connectivity index (χ0n) is 17.8. The van der Waals surface area contributed by atoms with Gasteiger partial charge in [-0.05, 0) is 69.0 Å². The summed E-state index contributed by atoms with van der Waals surface area (Å²) in [4.78, 5) is 25.2. The Kier molecular flexibility index (Phi) is 6.06. The predicted molar refractivity (Wildman–Crippen MR) is 123 cm³/mol. The molecule has 3 heterocycles. The number of carbonyl (C=O) groups excluding carboxylic acids is 1. The van der Waals surface area contributed by atoms with Crippen LogP contribution in [0, 0.1) is 3.70 Å². The minimum atomic E-state index is -0.448. The minimum Gasteiger partial charge on any atom is -0.444 e. The normalized spacial score (nSPS) is 23.7. The first-order valence-corrected chi connectivity index (χ1v) is 11.7. The lowest BCUT2D eigenvalue weighted by atomic mass is 9.90. The number of hydrogen-bond acceptors (Lipinski definition) is 7. The zero-order valence-corrected chi connectivity index (χ0v) is 20.0. The van der Waals surface area contributed by atoms with Crippen molar-refractivity contribution in [3.8, 4) is 0 Å². The highest BCUT2D eigenvalue weighted by Gasteiger charge is 2.32. The number of ether oxygens (including phenoxy) is 1. The summed E-state index contributed by atoms with van der Waals surface area (Å²) >= 11 is 2.21. The molecule has 0 atom stereocenters. The van der Waals surface area contributed by atoms with Crippen LogP contribution in [0.4, 0.5) is 10.6 Å². The molecule has 2 fully saturated rings. The fourth-order valence-corrected chi connectivity index (χ4v) is 5.22. The standard InChI is InChI=1S/C20H30IN7O2/c1-20(2,3)30-19(29)27-10-8-26(9-11-27)13-4-6-14(7-5-13)28-18-15(16(21)25-28)17(22)23-12-24-18/h12-14H,4-11H2,1-3H3,(H2,22,23,24). The van der Waals surface area contributed by atoms with Crippen molar-refractivity contribution in [3.63, 3.8) is 0 Å². The smallest absolute Gasteiger partial charge is 0.410 e. The Balaban J connectivity index is 1.33. The number of carbonyl (C=O) groups is 1. The van der Waals surface area contributed by atoms with Crippen molar-refractivity contribution in [2.24, 2.45) is 0 Å². The monoisotopic (exact) mass is 527 g/mol. The molecule has 2 aromatic rings. The first kappa shape index (κ1) is 21.5. The Morgan fingerprint density at radius 2 is 1.73 bits per heavy atom. The molecule has 2 N–H and O–H groups in total. The van der Waals surface area contributed by atoms with Gasteiger partial charge in [-0.1, -0.05) is 0 Å². The van der Waals surface area contributed by atoms with Crippen LogP contribution in [-0.2, 0) is 4.74 Å². The van der Waals surface area contributed by atoms with E-state index in [-0.39, 0.29) is 6.09 Å². The van der Waals surface area contributed by atoms with E-state index in [2.05, 4.69) is 37.5 Å². The van der Waals surface area contributed by atoms with Gasteiger partial charge >= 0.3 is 6.09 Å². The molecule has 9 nitrogen and oxygen atoms in total. The first-order valence-electron chi connectivity index (χ1n) is 10.6. The lowest BCUT2D eigenvalue weighted by Gasteiger charge is -2.42. The largest absolute Gasteiger partial charge is 0.444 e. The van der Waals surface area contributed by atoms with Crippen LogP contribution in [0.5, 0.6) is 0 Å². The second kappa shape index (κ2) is 8.45. The van der Waals surface area contributed by atoms with E-state index < -0.39 is 5.60 Å². The summed E-state index contributed by atoms with van der Waals surface area (Å²) in [5, 5.41) is 5.58. The molecule has 0 aromatic carbocycles. The maximum Gasteiger partial charge on any atom is 0.410 e. The molecule has 0 spiro atoms. The lowest BCUT2D eigenvalue weighted by Crippen LogP contribution is -2.53. The van der Waals surface area contributed by atoms with Gasteiger partial charge < -0.3 is 15.4 Å². The summed E-state index contributed by atoms with van der Waals surface area (Å²) in [6.07, 6.45) is 5.68. The second-order valence-electron chi connectivity index (χ2n) is 9.16.